The molecule has 0 aliphatic carbocycles. The highest BCUT2D eigenvalue weighted by atomic mass is 79.9. The molecule has 84 valence electrons. The summed E-state index contributed by atoms with van der Waals surface area (Å²) in [7, 11) is 0. The second-order valence-electron chi connectivity index (χ2n) is 3.12. The van der Waals surface area contributed by atoms with Crippen LogP contribution in [0.1, 0.15) is 5.56 Å². The minimum absolute atomic E-state index is 0.398. The number of benzene rings is 1. The lowest BCUT2D eigenvalue weighted by Gasteiger charge is -2.10. The van der Waals surface area contributed by atoms with E-state index in [1.807, 2.05) is 24.3 Å². The molecule has 2 aromatic rings. The van der Waals surface area contributed by atoms with E-state index in [2.05, 4.69) is 47.1 Å². The van der Waals surface area contributed by atoms with Crippen molar-refractivity contribution in [1.82, 2.24) is 9.97 Å². The number of nitrogens with one attached hydrogen (secondary N) is 1. The van der Waals surface area contributed by atoms with Crippen LogP contribution in [0.3, 0.4) is 0 Å². The Labute approximate surface area is 115 Å². The molecule has 1 aromatic carbocycles. The highest BCUT2D eigenvalue weighted by Crippen LogP contribution is 2.33. The van der Waals surface area contributed by atoms with Crippen LogP contribution in [0.5, 0.6) is 0 Å². The van der Waals surface area contributed by atoms with Crippen LogP contribution in [-0.4, -0.2) is 9.97 Å². The lowest BCUT2D eigenvalue weighted by molar-refractivity contribution is 1.15. The Morgan fingerprint density at radius 2 is 1.94 bits per heavy atom. The Kier molecular flexibility index (Phi) is 3.71. The zero-order valence-electron chi connectivity index (χ0n) is 8.48. The molecule has 0 bridgehead atoms. The minimum Gasteiger partial charge on any atom is -0.337 e. The van der Waals surface area contributed by atoms with Gasteiger partial charge in [0.05, 0.1) is 11.9 Å². The predicted molar refractivity (Wildman–Crippen MR) is 71.9 cm³/mol. The van der Waals surface area contributed by atoms with E-state index in [1.54, 1.807) is 0 Å². The Morgan fingerprint density at radius 1 is 1.24 bits per heavy atom. The van der Waals surface area contributed by atoms with Crippen LogP contribution >= 0.6 is 31.9 Å². The van der Waals surface area contributed by atoms with E-state index in [4.69, 9.17) is 5.26 Å². The molecule has 0 unspecified atom stereocenters. The molecule has 6 heteroatoms. The molecule has 4 nitrogen and oxygen atoms in total. The topological polar surface area (TPSA) is 61.6 Å². The Bertz CT molecular complexity index is 572. The number of para-hydroxylation sites is 1. The fourth-order valence-corrected chi connectivity index (χ4v) is 2.44. The van der Waals surface area contributed by atoms with Gasteiger partial charge in [-0.05, 0) is 44.0 Å². The summed E-state index contributed by atoms with van der Waals surface area (Å²) < 4.78 is 1.77. The van der Waals surface area contributed by atoms with Gasteiger partial charge < -0.3 is 5.32 Å². The predicted octanol–water partition coefficient (Wildman–Crippen LogP) is 3.62. The first-order valence-corrected chi connectivity index (χ1v) is 6.22. The Balaban J connectivity index is 2.42. The van der Waals surface area contributed by atoms with Crippen LogP contribution in [-0.2, 0) is 0 Å². The fraction of sp³-hybridized carbons (Fsp3) is 0. The molecule has 0 fully saturated rings. The summed E-state index contributed by atoms with van der Waals surface area (Å²) in [6.45, 7) is 0. The average Bonchev–Trinajstić information content (AvgIpc) is 2.34. The number of nitriles is 1. The van der Waals surface area contributed by atoms with E-state index >= 15 is 0 Å². The van der Waals surface area contributed by atoms with Crippen molar-refractivity contribution in [3.8, 4) is 6.07 Å². The van der Waals surface area contributed by atoms with Crippen molar-refractivity contribution in [1.29, 1.82) is 5.26 Å². The van der Waals surface area contributed by atoms with Crippen molar-refractivity contribution in [3.05, 3.63) is 45.2 Å². The first-order valence-electron chi connectivity index (χ1n) is 4.63. The van der Waals surface area contributed by atoms with Gasteiger partial charge in [0, 0.05) is 8.95 Å². The molecule has 1 N–H and O–H groups in total. The van der Waals surface area contributed by atoms with Crippen molar-refractivity contribution in [2.24, 2.45) is 0 Å². The lowest BCUT2D eigenvalue weighted by atomic mass is 10.3. The number of aromatic nitrogens is 2. The van der Waals surface area contributed by atoms with Crippen molar-refractivity contribution in [2.75, 3.05) is 5.32 Å². The molecule has 0 radical (unpaired) electrons. The van der Waals surface area contributed by atoms with Gasteiger partial charge in [-0.1, -0.05) is 6.07 Å². The third-order valence-corrected chi connectivity index (χ3v) is 3.36. The van der Waals surface area contributed by atoms with Gasteiger partial charge in [-0.2, -0.15) is 5.26 Å². The number of halogens is 2. The molecule has 0 spiro atoms. The smallest absolute Gasteiger partial charge is 0.151 e. The maximum absolute atomic E-state index is 8.94. The summed E-state index contributed by atoms with van der Waals surface area (Å²) in [6, 6.07) is 7.75. The molecule has 0 aliphatic rings. The minimum atomic E-state index is 0.398. The van der Waals surface area contributed by atoms with E-state index in [0.717, 1.165) is 14.6 Å². The number of nitrogens with zero attached hydrogens (tertiary/aromatic N) is 3. The van der Waals surface area contributed by atoms with Gasteiger partial charge in [0.2, 0.25) is 0 Å². The lowest BCUT2D eigenvalue weighted by Crippen LogP contribution is -1.98. The van der Waals surface area contributed by atoms with Crippen LogP contribution < -0.4 is 5.32 Å². The molecule has 0 amide bonds. The van der Waals surface area contributed by atoms with Gasteiger partial charge in [-0.3, -0.25) is 0 Å². The second-order valence-corrected chi connectivity index (χ2v) is 4.83. The van der Waals surface area contributed by atoms with E-state index < -0.39 is 0 Å². The van der Waals surface area contributed by atoms with Crippen molar-refractivity contribution in [2.45, 2.75) is 0 Å². The molecule has 17 heavy (non-hydrogen) atoms. The van der Waals surface area contributed by atoms with Crippen LogP contribution in [0.2, 0.25) is 0 Å². The third-order valence-electron chi connectivity index (χ3n) is 2.04. The van der Waals surface area contributed by atoms with Crippen LogP contribution in [0, 0.1) is 11.3 Å². The number of rotatable bonds is 2. The van der Waals surface area contributed by atoms with Gasteiger partial charge in [0.1, 0.15) is 18.0 Å². The summed E-state index contributed by atoms with van der Waals surface area (Å²) in [5, 5.41) is 12.0. The molecule has 0 aliphatic heterocycles. The summed E-state index contributed by atoms with van der Waals surface area (Å²) in [6.07, 6.45) is 2.87. The average molecular weight is 354 g/mol. The summed E-state index contributed by atoms with van der Waals surface area (Å²) >= 11 is 6.86. The van der Waals surface area contributed by atoms with Gasteiger partial charge in [-0.15, -0.1) is 0 Å². The molecule has 0 saturated heterocycles. The summed E-state index contributed by atoms with van der Waals surface area (Å²) in [4.78, 5) is 7.85. The number of anilines is 2. The van der Waals surface area contributed by atoms with Gasteiger partial charge in [0.15, 0.2) is 5.82 Å². The normalized spacial score (nSPS) is 9.71. The zero-order chi connectivity index (χ0) is 12.3. The SMILES string of the molecule is N#Cc1cncnc1Nc1c(Br)cccc1Br. The Hall–Kier alpha value is -1.45. The highest BCUT2D eigenvalue weighted by molar-refractivity contribution is 9.11. The Morgan fingerprint density at radius 3 is 2.59 bits per heavy atom. The van der Waals surface area contributed by atoms with Crippen molar-refractivity contribution >= 4 is 43.4 Å². The summed E-state index contributed by atoms with van der Waals surface area (Å²) in [5.41, 5.74) is 1.22. The zero-order valence-corrected chi connectivity index (χ0v) is 11.7. The second kappa shape index (κ2) is 5.25. The van der Waals surface area contributed by atoms with E-state index in [1.165, 1.54) is 12.5 Å². The third kappa shape index (κ3) is 2.62. The van der Waals surface area contributed by atoms with Crippen LogP contribution in [0.4, 0.5) is 11.5 Å². The van der Waals surface area contributed by atoms with Gasteiger partial charge in [0.25, 0.3) is 0 Å². The molecular formula is C11H6Br2N4. The molecule has 0 atom stereocenters. The first-order chi connectivity index (χ1) is 8.22. The largest absolute Gasteiger partial charge is 0.337 e. The number of hydrogen-bond donors (Lipinski definition) is 1. The fourth-order valence-electron chi connectivity index (χ4n) is 1.25. The maximum Gasteiger partial charge on any atom is 0.151 e. The molecule has 1 heterocycles. The van der Waals surface area contributed by atoms with Crippen molar-refractivity contribution in [3.63, 3.8) is 0 Å². The van der Waals surface area contributed by atoms with E-state index in [9.17, 15) is 0 Å². The number of hydrogen-bond acceptors (Lipinski definition) is 4. The first kappa shape index (κ1) is 12.0. The molecular weight excluding hydrogens is 348 g/mol. The molecule has 0 saturated carbocycles. The van der Waals surface area contributed by atoms with E-state index in [0.29, 0.717) is 11.4 Å². The standard InChI is InChI=1S/C11H6Br2N4/c12-8-2-1-3-9(13)10(8)17-11-7(4-14)5-15-6-16-11/h1-3,5-6H,(H,15,16,17). The quantitative estimate of drug-likeness (QED) is 0.895. The maximum atomic E-state index is 8.94. The monoisotopic (exact) mass is 352 g/mol. The summed E-state index contributed by atoms with van der Waals surface area (Å²) in [5.74, 6) is 0.482. The van der Waals surface area contributed by atoms with Crippen molar-refractivity contribution < 1.29 is 0 Å². The van der Waals surface area contributed by atoms with E-state index in [-0.39, 0.29) is 0 Å². The molecule has 1 aromatic heterocycles. The van der Waals surface area contributed by atoms with Crippen LogP contribution in [0.25, 0.3) is 0 Å². The highest BCUT2D eigenvalue weighted by Gasteiger charge is 2.08. The van der Waals surface area contributed by atoms with Gasteiger partial charge >= 0.3 is 0 Å². The molecule has 2 rings (SSSR count). The van der Waals surface area contributed by atoms with Crippen LogP contribution in [0.15, 0.2) is 39.7 Å². The van der Waals surface area contributed by atoms with Gasteiger partial charge in [-0.25, -0.2) is 9.97 Å².